The lowest BCUT2D eigenvalue weighted by molar-refractivity contribution is -0.142. The number of sulfonamides is 1. The fourth-order valence-electron chi connectivity index (χ4n) is 5.33. The molecule has 1 atom stereocenters. The molecule has 1 saturated heterocycles. The van der Waals surface area contributed by atoms with Crippen molar-refractivity contribution in [3.63, 3.8) is 0 Å². The lowest BCUT2D eigenvalue weighted by atomic mass is 10.1. The Labute approximate surface area is 247 Å². The van der Waals surface area contributed by atoms with Crippen molar-refractivity contribution in [2.75, 3.05) is 27.3 Å². The number of carboxylic acid groups (broad SMARTS) is 1. The van der Waals surface area contributed by atoms with Crippen molar-refractivity contribution >= 4 is 21.9 Å². The summed E-state index contributed by atoms with van der Waals surface area (Å²) in [5, 5.41) is 9.57. The van der Waals surface area contributed by atoms with Gasteiger partial charge in [0, 0.05) is 30.8 Å². The molecule has 1 aliphatic heterocycles. The van der Waals surface area contributed by atoms with Gasteiger partial charge in [0.25, 0.3) is 5.91 Å². The van der Waals surface area contributed by atoms with Crippen LogP contribution in [0, 0.1) is 6.92 Å². The number of methoxy groups -OCH3 is 2. The van der Waals surface area contributed by atoms with E-state index in [0.717, 1.165) is 28.3 Å². The van der Waals surface area contributed by atoms with E-state index in [-0.39, 0.29) is 23.9 Å². The highest BCUT2D eigenvalue weighted by atomic mass is 32.2. The van der Waals surface area contributed by atoms with Gasteiger partial charge in [-0.05, 0) is 74.4 Å². The summed E-state index contributed by atoms with van der Waals surface area (Å²) in [5.74, 6) is -0.236. The second-order valence-electron chi connectivity index (χ2n) is 10.4. The highest BCUT2D eigenvalue weighted by Gasteiger charge is 2.37. The van der Waals surface area contributed by atoms with Crippen molar-refractivity contribution in [1.82, 2.24) is 9.21 Å². The molecule has 3 aromatic rings. The van der Waals surface area contributed by atoms with Crippen molar-refractivity contribution in [2.24, 2.45) is 0 Å². The average Bonchev–Trinajstić information content (AvgIpc) is 3.01. The third-order valence-corrected chi connectivity index (χ3v) is 9.59. The fraction of sp³-hybridized carbons (Fsp3) is 0.375. The zero-order chi connectivity index (χ0) is 30.3. The maximum Gasteiger partial charge on any atom is 0.322 e. The van der Waals surface area contributed by atoms with E-state index in [1.165, 1.54) is 17.7 Å². The van der Waals surface area contributed by atoms with Gasteiger partial charge in [0.05, 0.1) is 19.1 Å². The summed E-state index contributed by atoms with van der Waals surface area (Å²) >= 11 is 0. The third-order valence-electron chi connectivity index (χ3n) is 7.66. The van der Waals surface area contributed by atoms with Gasteiger partial charge in [0.2, 0.25) is 10.0 Å². The van der Waals surface area contributed by atoms with E-state index in [0.29, 0.717) is 42.9 Å². The molecule has 1 aliphatic rings. The van der Waals surface area contributed by atoms with Crippen LogP contribution in [0.2, 0.25) is 0 Å². The van der Waals surface area contributed by atoms with Gasteiger partial charge in [-0.1, -0.05) is 42.5 Å². The van der Waals surface area contributed by atoms with Gasteiger partial charge in [-0.2, -0.15) is 4.31 Å². The van der Waals surface area contributed by atoms with Gasteiger partial charge in [-0.15, -0.1) is 0 Å². The molecule has 1 fully saturated rings. The number of carbonyl (C=O) groups excluding carboxylic acids is 1. The number of carboxylic acids is 1. The largest absolute Gasteiger partial charge is 0.496 e. The normalized spacial score (nSPS) is 15.6. The molecule has 1 amide bonds. The van der Waals surface area contributed by atoms with Crippen LogP contribution in [-0.4, -0.2) is 68.0 Å². The van der Waals surface area contributed by atoms with Crippen LogP contribution in [0.15, 0.2) is 71.6 Å². The second kappa shape index (κ2) is 13.8. The minimum atomic E-state index is -3.98. The Kier molecular flexibility index (Phi) is 10.2. The van der Waals surface area contributed by atoms with Crippen LogP contribution in [0.25, 0.3) is 0 Å². The third kappa shape index (κ3) is 7.11. The lowest BCUT2D eigenvalue weighted by Crippen LogP contribution is -2.47. The van der Waals surface area contributed by atoms with Crippen molar-refractivity contribution in [3.05, 3.63) is 89.0 Å². The number of aliphatic carboxylic acids is 1. The monoisotopic (exact) mass is 594 g/mol. The van der Waals surface area contributed by atoms with E-state index >= 15 is 0 Å². The Morgan fingerprint density at radius 2 is 1.60 bits per heavy atom. The molecule has 42 heavy (non-hydrogen) atoms. The molecule has 0 bridgehead atoms. The van der Waals surface area contributed by atoms with Crippen molar-refractivity contribution < 1.29 is 32.6 Å². The Balaban J connectivity index is 1.57. The Morgan fingerprint density at radius 3 is 2.19 bits per heavy atom. The minimum Gasteiger partial charge on any atom is -0.496 e. The molecule has 4 rings (SSSR count). The SMILES string of the molecule is COc1cc(C(=O)N(CCCc2ccccc2)Cc2ccc(S(=O)(=O)N3CCCCC3C(=O)O)cc2)cc(OC)c1C. The number of piperidine rings is 1. The minimum absolute atomic E-state index is 0.0364. The van der Waals surface area contributed by atoms with E-state index in [1.54, 1.807) is 43.4 Å². The fourth-order valence-corrected chi connectivity index (χ4v) is 6.98. The summed E-state index contributed by atoms with van der Waals surface area (Å²) in [4.78, 5) is 27.3. The summed E-state index contributed by atoms with van der Waals surface area (Å²) < 4.78 is 38.7. The topological polar surface area (TPSA) is 113 Å². The molecular weight excluding hydrogens is 556 g/mol. The zero-order valence-electron chi connectivity index (χ0n) is 24.3. The van der Waals surface area contributed by atoms with Crippen molar-refractivity contribution in [1.29, 1.82) is 0 Å². The quantitative estimate of drug-likeness (QED) is 0.317. The van der Waals surface area contributed by atoms with Crippen LogP contribution >= 0.6 is 0 Å². The molecule has 3 aromatic carbocycles. The first kappa shape index (κ1) is 31.1. The van der Waals surface area contributed by atoms with Crippen LogP contribution in [0.1, 0.15) is 52.7 Å². The van der Waals surface area contributed by atoms with Crippen LogP contribution < -0.4 is 9.47 Å². The van der Waals surface area contributed by atoms with E-state index in [1.807, 2.05) is 25.1 Å². The maximum absolute atomic E-state index is 13.8. The van der Waals surface area contributed by atoms with Crippen molar-refractivity contribution in [2.45, 2.75) is 56.5 Å². The molecule has 10 heteroatoms. The number of ether oxygens (including phenoxy) is 2. The smallest absolute Gasteiger partial charge is 0.322 e. The van der Waals surface area contributed by atoms with Crippen LogP contribution in [0.5, 0.6) is 11.5 Å². The Bertz CT molecular complexity index is 1470. The van der Waals surface area contributed by atoms with Gasteiger partial charge >= 0.3 is 5.97 Å². The number of carbonyl (C=O) groups is 2. The number of nitrogens with zero attached hydrogens (tertiary/aromatic N) is 2. The molecule has 0 radical (unpaired) electrons. The van der Waals surface area contributed by atoms with Gasteiger partial charge in [-0.3, -0.25) is 9.59 Å². The Hall–Kier alpha value is -3.89. The molecule has 224 valence electrons. The predicted octanol–water partition coefficient (Wildman–Crippen LogP) is 4.92. The van der Waals surface area contributed by atoms with Crippen LogP contribution in [-0.2, 0) is 27.8 Å². The summed E-state index contributed by atoms with van der Waals surface area (Å²) in [7, 11) is -0.886. The first-order valence-corrected chi connectivity index (χ1v) is 15.5. The number of rotatable bonds is 12. The van der Waals surface area contributed by atoms with Gasteiger partial charge in [-0.25, -0.2) is 8.42 Å². The lowest BCUT2D eigenvalue weighted by Gasteiger charge is -2.31. The Morgan fingerprint density at radius 1 is 0.952 bits per heavy atom. The standard InChI is InChI=1S/C32H38N2O7S/c1-23-29(40-2)20-26(21-30(23)41-3)31(35)33(18-9-12-24-10-5-4-6-11-24)22-25-14-16-27(17-15-25)42(38,39)34-19-8-7-13-28(34)32(36)37/h4-6,10-11,14-17,20-21,28H,7-9,12-13,18-19,22H2,1-3H3,(H,36,37). The van der Waals surface area contributed by atoms with Gasteiger partial charge in [0.15, 0.2) is 0 Å². The van der Waals surface area contributed by atoms with Gasteiger partial charge in [0.1, 0.15) is 17.5 Å². The summed E-state index contributed by atoms with van der Waals surface area (Å²) in [6.45, 7) is 2.77. The van der Waals surface area contributed by atoms with Crippen molar-refractivity contribution in [3.8, 4) is 11.5 Å². The van der Waals surface area contributed by atoms with E-state index < -0.39 is 22.0 Å². The average molecular weight is 595 g/mol. The molecule has 0 aliphatic carbocycles. The first-order valence-electron chi connectivity index (χ1n) is 14.0. The number of hydrogen-bond donors (Lipinski definition) is 1. The maximum atomic E-state index is 13.8. The second-order valence-corrected chi connectivity index (χ2v) is 12.3. The predicted molar refractivity (Wildman–Crippen MR) is 159 cm³/mol. The van der Waals surface area contributed by atoms with E-state index in [4.69, 9.17) is 9.47 Å². The van der Waals surface area contributed by atoms with Crippen LogP contribution in [0.3, 0.4) is 0 Å². The molecule has 0 aromatic heterocycles. The molecular formula is C32H38N2O7S. The molecule has 1 heterocycles. The summed E-state index contributed by atoms with van der Waals surface area (Å²) in [6, 6.07) is 18.7. The number of hydrogen-bond acceptors (Lipinski definition) is 6. The summed E-state index contributed by atoms with van der Waals surface area (Å²) in [6.07, 6.45) is 3.11. The highest BCUT2D eigenvalue weighted by molar-refractivity contribution is 7.89. The van der Waals surface area contributed by atoms with E-state index in [9.17, 15) is 23.1 Å². The molecule has 1 unspecified atom stereocenters. The first-order chi connectivity index (χ1) is 20.1. The number of benzene rings is 3. The highest BCUT2D eigenvalue weighted by Crippen LogP contribution is 2.31. The summed E-state index contributed by atoms with van der Waals surface area (Å²) in [5.41, 5.74) is 3.15. The number of aryl methyl sites for hydroxylation is 1. The molecule has 1 N–H and O–H groups in total. The van der Waals surface area contributed by atoms with Crippen LogP contribution in [0.4, 0.5) is 0 Å². The zero-order valence-corrected chi connectivity index (χ0v) is 25.1. The molecule has 0 spiro atoms. The van der Waals surface area contributed by atoms with Gasteiger partial charge < -0.3 is 19.5 Å². The number of amides is 1. The molecule has 0 saturated carbocycles. The van der Waals surface area contributed by atoms with E-state index in [2.05, 4.69) is 12.1 Å². The molecule has 9 nitrogen and oxygen atoms in total.